The highest BCUT2D eigenvalue weighted by atomic mass is 35.5. The van der Waals surface area contributed by atoms with Crippen molar-refractivity contribution in [1.82, 2.24) is 19.9 Å². The van der Waals surface area contributed by atoms with Crippen LogP contribution in [0.15, 0.2) is 122 Å². The molecule has 1 aliphatic heterocycles. The molecule has 7 rings (SSSR count). The number of amides is 1. The number of fused-ring (bicyclic) bond motifs is 1. The summed E-state index contributed by atoms with van der Waals surface area (Å²) in [5.41, 5.74) is 1.16. The van der Waals surface area contributed by atoms with Gasteiger partial charge in [-0.1, -0.05) is 111 Å². The van der Waals surface area contributed by atoms with Crippen LogP contribution in [0, 0.1) is 5.92 Å². The minimum absolute atomic E-state index is 0.0384. The monoisotopic (exact) mass is 759 g/mol. The van der Waals surface area contributed by atoms with Gasteiger partial charge in [0.05, 0.1) is 28.6 Å². The molecule has 0 spiro atoms. The van der Waals surface area contributed by atoms with Crippen LogP contribution in [0.2, 0.25) is 10.1 Å². The highest BCUT2D eigenvalue weighted by molar-refractivity contribution is 6.99. The van der Waals surface area contributed by atoms with E-state index in [4.69, 9.17) is 20.8 Å². The number of likely N-dealkylation sites (tertiary alicyclic amines) is 1. The Balaban J connectivity index is 1.09. The summed E-state index contributed by atoms with van der Waals surface area (Å²) in [5.74, 6) is 1.30. The van der Waals surface area contributed by atoms with Crippen LogP contribution in [-0.2, 0) is 4.43 Å². The van der Waals surface area contributed by atoms with E-state index in [0.717, 1.165) is 10.4 Å². The fraction of sp³-hybridized carbons (Fsp3) is 0.238. The summed E-state index contributed by atoms with van der Waals surface area (Å²) in [6.45, 7) is 7.65. The molecule has 0 bridgehead atoms. The Bertz CT molecular complexity index is 2210. The van der Waals surface area contributed by atoms with Crippen LogP contribution in [-0.4, -0.2) is 70.9 Å². The number of rotatable bonds is 12. The predicted molar refractivity (Wildman–Crippen MR) is 214 cm³/mol. The lowest BCUT2D eigenvalue weighted by Gasteiger charge is -2.44. The number of anilines is 1. The topological polar surface area (TPSA) is 130 Å². The molecule has 0 unspecified atom stereocenters. The van der Waals surface area contributed by atoms with E-state index in [0.29, 0.717) is 59.0 Å². The molecule has 0 aliphatic carbocycles. The number of ether oxygens (including phenoxy) is 1. The number of halogens is 1. The molecule has 12 heteroatoms. The minimum atomic E-state index is -2.87. The van der Waals surface area contributed by atoms with Crippen molar-refractivity contribution in [2.24, 2.45) is 5.92 Å². The Kier molecular flexibility index (Phi) is 10.6. The van der Waals surface area contributed by atoms with Gasteiger partial charge in [-0.3, -0.25) is 4.79 Å². The first-order valence-electron chi connectivity index (χ1n) is 17.9. The van der Waals surface area contributed by atoms with Gasteiger partial charge in [0.25, 0.3) is 8.32 Å². The van der Waals surface area contributed by atoms with E-state index in [9.17, 15) is 14.7 Å². The highest BCUT2D eigenvalue weighted by Gasteiger charge is 2.51. The van der Waals surface area contributed by atoms with E-state index in [1.54, 1.807) is 24.4 Å². The van der Waals surface area contributed by atoms with E-state index >= 15 is 0 Å². The van der Waals surface area contributed by atoms with Gasteiger partial charge in [-0.15, -0.1) is 0 Å². The first-order valence-corrected chi connectivity index (χ1v) is 20.2. The molecular formula is C42H42ClN5O5Si. The van der Waals surface area contributed by atoms with E-state index in [-0.39, 0.29) is 34.4 Å². The third kappa shape index (κ3) is 7.35. The van der Waals surface area contributed by atoms with Gasteiger partial charge in [0.2, 0.25) is 0 Å². The van der Waals surface area contributed by atoms with Crippen molar-refractivity contribution in [3.8, 4) is 11.5 Å². The number of carbonyl (C=O) groups excluding carboxylic acids is 1. The fourth-order valence-electron chi connectivity index (χ4n) is 7.57. The van der Waals surface area contributed by atoms with Gasteiger partial charge in [0.15, 0.2) is 5.78 Å². The van der Waals surface area contributed by atoms with E-state index in [1.165, 1.54) is 11.2 Å². The SMILES string of the molecule is CC(C)(C)[Si](OC[C@@H]1C[C@@H](CNc2ncnc3[nH]cc(C(=O)c4ccc(Oc5ccccc5)cc4Cl)c23)CN1C(=O)O)(c1ccccc1)c1ccccc1. The number of para-hydroxylation sites is 1. The van der Waals surface area contributed by atoms with Gasteiger partial charge in [-0.2, -0.15) is 0 Å². The zero-order valence-electron chi connectivity index (χ0n) is 30.3. The number of hydrogen-bond donors (Lipinski definition) is 3. The Morgan fingerprint density at radius 2 is 1.56 bits per heavy atom. The summed E-state index contributed by atoms with van der Waals surface area (Å²) >= 11 is 6.63. The van der Waals surface area contributed by atoms with Gasteiger partial charge in [-0.05, 0) is 52.0 Å². The summed E-state index contributed by atoms with van der Waals surface area (Å²) in [4.78, 5) is 40.0. The van der Waals surface area contributed by atoms with Crippen LogP contribution in [0.25, 0.3) is 11.0 Å². The molecule has 1 fully saturated rings. The second kappa shape index (κ2) is 15.5. The number of carbonyl (C=O) groups is 2. The van der Waals surface area contributed by atoms with Crippen LogP contribution in [0.5, 0.6) is 11.5 Å². The van der Waals surface area contributed by atoms with Gasteiger partial charge in [0.1, 0.15) is 29.3 Å². The maximum Gasteiger partial charge on any atom is 0.407 e. The van der Waals surface area contributed by atoms with Crippen LogP contribution in [0.4, 0.5) is 10.6 Å². The molecule has 3 heterocycles. The maximum atomic E-state index is 13.9. The number of nitrogens with one attached hydrogen (secondary N) is 2. The second-order valence-corrected chi connectivity index (χ2v) is 19.3. The molecule has 0 radical (unpaired) electrons. The highest BCUT2D eigenvalue weighted by Crippen LogP contribution is 2.38. The van der Waals surface area contributed by atoms with Crippen LogP contribution in [0.1, 0.15) is 43.1 Å². The standard InChI is InChI=1S/C42H42ClN5O5Si/c1-42(2,3)54(32-15-9-5-10-16-32,33-17-11-6-12-18-33)52-26-29-21-28(25-48(29)41(50)51)23-44-39-37-35(24-45-40(37)47-27-46-39)38(49)34-20-19-31(22-36(34)43)53-30-13-7-4-8-14-30/h4-20,22,24,27-29H,21,23,25-26H2,1-3H3,(H,50,51)(H2,44,45,46,47)/t28-,29-/m0/s1. The summed E-state index contributed by atoms with van der Waals surface area (Å²) in [6, 6.07) is 34.6. The van der Waals surface area contributed by atoms with Crippen molar-refractivity contribution in [3.63, 3.8) is 0 Å². The number of H-pyrrole nitrogens is 1. The number of nitrogens with zero attached hydrogens (tertiary/aromatic N) is 3. The van der Waals surface area contributed by atoms with Crippen molar-refractivity contribution in [3.05, 3.63) is 138 Å². The summed E-state index contributed by atoms with van der Waals surface area (Å²) in [6.07, 6.45) is 2.65. The molecule has 0 saturated carbocycles. The predicted octanol–water partition coefficient (Wildman–Crippen LogP) is 7.99. The molecule has 1 saturated heterocycles. The summed E-state index contributed by atoms with van der Waals surface area (Å²) in [5, 5.41) is 16.6. The largest absolute Gasteiger partial charge is 0.465 e. The molecule has 6 aromatic rings. The lowest BCUT2D eigenvalue weighted by molar-refractivity contribution is 0.104. The van der Waals surface area contributed by atoms with Crippen LogP contribution < -0.4 is 20.4 Å². The molecule has 10 nitrogen and oxygen atoms in total. The molecule has 54 heavy (non-hydrogen) atoms. The number of hydrogen-bond acceptors (Lipinski definition) is 7. The Morgan fingerprint density at radius 1 is 0.907 bits per heavy atom. The number of benzene rings is 4. The van der Waals surface area contributed by atoms with E-state index in [1.807, 2.05) is 66.7 Å². The van der Waals surface area contributed by atoms with Crippen molar-refractivity contribution in [1.29, 1.82) is 0 Å². The van der Waals surface area contributed by atoms with Crippen molar-refractivity contribution >= 4 is 59.0 Å². The van der Waals surface area contributed by atoms with Crippen LogP contribution >= 0.6 is 11.6 Å². The number of carboxylic acid groups (broad SMARTS) is 1. The van der Waals surface area contributed by atoms with Crippen molar-refractivity contribution in [2.45, 2.75) is 38.3 Å². The minimum Gasteiger partial charge on any atom is -0.465 e. The van der Waals surface area contributed by atoms with Gasteiger partial charge in [0, 0.05) is 30.9 Å². The zero-order chi connectivity index (χ0) is 37.9. The van der Waals surface area contributed by atoms with E-state index < -0.39 is 14.4 Å². The Morgan fingerprint density at radius 3 is 2.17 bits per heavy atom. The molecular weight excluding hydrogens is 718 g/mol. The molecule has 3 N–H and O–H groups in total. The number of aromatic nitrogens is 3. The van der Waals surface area contributed by atoms with Gasteiger partial charge < -0.3 is 29.5 Å². The molecule has 4 aromatic carbocycles. The zero-order valence-corrected chi connectivity index (χ0v) is 32.1. The molecule has 1 aliphatic rings. The lowest BCUT2D eigenvalue weighted by atomic mass is 10.0. The fourth-order valence-corrected chi connectivity index (χ4v) is 12.4. The lowest BCUT2D eigenvalue weighted by Crippen LogP contribution is -2.67. The van der Waals surface area contributed by atoms with E-state index in [2.05, 4.69) is 65.3 Å². The van der Waals surface area contributed by atoms with Crippen molar-refractivity contribution in [2.75, 3.05) is 25.0 Å². The Hall–Kier alpha value is -5.49. The van der Waals surface area contributed by atoms with Crippen molar-refractivity contribution < 1.29 is 23.9 Å². The average molecular weight is 760 g/mol. The first kappa shape index (κ1) is 36.8. The molecule has 1 amide bonds. The Labute approximate surface area is 320 Å². The van der Waals surface area contributed by atoms with Gasteiger partial charge in [-0.25, -0.2) is 14.8 Å². The van der Waals surface area contributed by atoms with Crippen LogP contribution in [0.3, 0.4) is 0 Å². The number of aromatic amines is 1. The average Bonchev–Trinajstić information content (AvgIpc) is 3.80. The quantitative estimate of drug-likeness (QED) is 0.0846. The molecule has 2 atom stereocenters. The van der Waals surface area contributed by atoms with Gasteiger partial charge >= 0.3 is 6.09 Å². The normalized spacial score (nSPS) is 16.0. The number of ketones is 1. The smallest absolute Gasteiger partial charge is 0.407 e. The first-order chi connectivity index (χ1) is 26.0. The summed E-state index contributed by atoms with van der Waals surface area (Å²) < 4.78 is 13.0. The molecule has 276 valence electrons. The maximum absolute atomic E-state index is 13.9. The molecule has 2 aromatic heterocycles. The summed E-state index contributed by atoms with van der Waals surface area (Å²) in [7, 11) is -2.87. The third-order valence-corrected chi connectivity index (χ3v) is 15.4. The second-order valence-electron chi connectivity index (χ2n) is 14.6. The third-order valence-electron chi connectivity index (χ3n) is 10.1.